The lowest BCUT2D eigenvalue weighted by molar-refractivity contribution is -0.137. The maximum Gasteiger partial charge on any atom is 0.303 e. The Balaban J connectivity index is 2.33. The standard InChI is InChI=1S/C28H48O3/c1-4-7-8-9-10-11-12-13-14-15-16-17-18-19-25(22-27(29)30)26-20-23(5-2)28(31)24(6-3)21-26/h20-21,25,31H,4-19,22H2,1-3H3,(H,29,30). The topological polar surface area (TPSA) is 57.5 Å². The normalized spacial score (nSPS) is 12.2. The number of carboxylic acid groups (broad SMARTS) is 1. The molecule has 1 atom stereocenters. The maximum absolute atomic E-state index is 11.4. The quantitative estimate of drug-likeness (QED) is 0.215. The molecule has 0 saturated carbocycles. The van der Waals surface area contributed by atoms with Crippen molar-refractivity contribution in [3.05, 3.63) is 28.8 Å². The van der Waals surface area contributed by atoms with E-state index in [0.29, 0.717) is 5.75 Å². The number of rotatable bonds is 19. The maximum atomic E-state index is 11.4. The molecule has 0 bridgehead atoms. The van der Waals surface area contributed by atoms with Gasteiger partial charge in [-0.1, -0.05) is 116 Å². The van der Waals surface area contributed by atoms with Gasteiger partial charge in [0.15, 0.2) is 0 Å². The third kappa shape index (κ3) is 11.6. The van der Waals surface area contributed by atoms with E-state index >= 15 is 0 Å². The predicted molar refractivity (Wildman–Crippen MR) is 132 cm³/mol. The summed E-state index contributed by atoms with van der Waals surface area (Å²) in [5, 5.41) is 19.8. The molecule has 0 aliphatic heterocycles. The smallest absolute Gasteiger partial charge is 0.303 e. The summed E-state index contributed by atoms with van der Waals surface area (Å²) in [5.74, 6) is -0.297. The molecule has 0 heterocycles. The fourth-order valence-corrected chi connectivity index (χ4v) is 4.57. The zero-order valence-corrected chi connectivity index (χ0v) is 20.6. The second-order valence-corrected chi connectivity index (χ2v) is 9.22. The Bertz CT molecular complexity index is 583. The summed E-state index contributed by atoms with van der Waals surface area (Å²) >= 11 is 0. The molecule has 0 saturated heterocycles. The number of carbonyl (C=O) groups is 1. The summed E-state index contributed by atoms with van der Waals surface area (Å²) in [6.45, 7) is 6.35. The number of aliphatic carboxylic acids is 1. The molecule has 3 nitrogen and oxygen atoms in total. The van der Waals surface area contributed by atoms with Gasteiger partial charge < -0.3 is 10.2 Å². The van der Waals surface area contributed by atoms with Crippen LogP contribution in [0.5, 0.6) is 5.75 Å². The molecule has 1 aromatic carbocycles. The zero-order chi connectivity index (χ0) is 22.9. The van der Waals surface area contributed by atoms with Gasteiger partial charge in [-0.15, -0.1) is 0 Å². The van der Waals surface area contributed by atoms with E-state index in [2.05, 4.69) is 6.92 Å². The second-order valence-electron chi connectivity index (χ2n) is 9.22. The Morgan fingerprint density at radius 3 is 1.55 bits per heavy atom. The highest BCUT2D eigenvalue weighted by atomic mass is 16.4. The molecule has 0 fully saturated rings. The van der Waals surface area contributed by atoms with Crippen LogP contribution in [-0.4, -0.2) is 16.2 Å². The fourth-order valence-electron chi connectivity index (χ4n) is 4.57. The summed E-state index contributed by atoms with van der Waals surface area (Å²) < 4.78 is 0. The van der Waals surface area contributed by atoms with Crippen LogP contribution in [0.3, 0.4) is 0 Å². The molecule has 0 aliphatic rings. The fraction of sp³-hybridized carbons (Fsp3) is 0.750. The van der Waals surface area contributed by atoms with E-state index in [1.54, 1.807) is 0 Å². The third-order valence-corrected chi connectivity index (χ3v) is 6.60. The number of aromatic hydroxyl groups is 1. The van der Waals surface area contributed by atoms with Gasteiger partial charge in [0.25, 0.3) is 0 Å². The van der Waals surface area contributed by atoms with E-state index in [0.717, 1.165) is 42.4 Å². The lowest BCUT2D eigenvalue weighted by atomic mass is 9.87. The van der Waals surface area contributed by atoms with Crippen LogP contribution in [-0.2, 0) is 17.6 Å². The van der Waals surface area contributed by atoms with Crippen LogP contribution in [0.4, 0.5) is 0 Å². The van der Waals surface area contributed by atoms with E-state index in [-0.39, 0.29) is 12.3 Å². The molecule has 0 radical (unpaired) electrons. The van der Waals surface area contributed by atoms with Crippen molar-refractivity contribution in [1.82, 2.24) is 0 Å². The van der Waals surface area contributed by atoms with Crippen LogP contribution >= 0.6 is 0 Å². The van der Waals surface area contributed by atoms with Crippen molar-refractivity contribution in [3.8, 4) is 5.75 Å². The number of phenolic OH excluding ortho intramolecular Hbond substituents is 1. The van der Waals surface area contributed by atoms with Crippen LogP contribution in [0.1, 0.15) is 140 Å². The number of aryl methyl sites for hydroxylation is 2. The number of benzene rings is 1. The first kappa shape index (κ1) is 27.5. The highest BCUT2D eigenvalue weighted by Crippen LogP contribution is 2.33. The number of unbranched alkanes of at least 4 members (excludes halogenated alkanes) is 12. The monoisotopic (exact) mass is 432 g/mol. The Morgan fingerprint density at radius 2 is 1.16 bits per heavy atom. The predicted octanol–water partition coefficient (Wildman–Crippen LogP) is 8.56. The van der Waals surface area contributed by atoms with Gasteiger partial charge in [0.2, 0.25) is 0 Å². The van der Waals surface area contributed by atoms with Gasteiger partial charge >= 0.3 is 5.97 Å². The minimum Gasteiger partial charge on any atom is -0.507 e. The SMILES string of the molecule is CCCCCCCCCCCCCCCC(CC(=O)O)c1cc(CC)c(O)c(CC)c1. The first-order valence-electron chi connectivity index (χ1n) is 13.1. The summed E-state index contributed by atoms with van der Waals surface area (Å²) in [5.41, 5.74) is 2.97. The molecule has 3 heteroatoms. The first-order valence-corrected chi connectivity index (χ1v) is 13.1. The van der Waals surface area contributed by atoms with E-state index < -0.39 is 5.97 Å². The second kappa shape index (κ2) is 17.1. The number of hydrogen-bond donors (Lipinski definition) is 2. The molecule has 0 aromatic heterocycles. The van der Waals surface area contributed by atoms with Gasteiger partial charge in [0.1, 0.15) is 5.75 Å². The van der Waals surface area contributed by atoms with Crippen molar-refractivity contribution in [3.63, 3.8) is 0 Å². The zero-order valence-electron chi connectivity index (χ0n) is 20.6. The number of carboxylic acids is 1. The van der Waals surface area contributed by atoms with Crippen molar-refractivity contribution in [1.29, 1.82) is 0 Å². The van der Waals surface area contributed by atoms with Gasteiger partial charge in [-0.25, -0.2) is 0 Å². The molecular weight excluding hydrogens is 384 g/mol. The van der Waals surface area contributed by atoms with E-state index in [9.17, 15) is 15.0 Å². The van der Waals surface area contributed by atoms with Crippen LogP contribution in [0.2, 0.25) is 0 Å². The van der Waals surface area contributed by atoms with Crippen molar-refractivity contribution < 1.29 is 15.0 Å². The minimum atomic E-state index is -0.733. The van der Waals surface area contributed by atoms with E-state index in [1.165, 1.54) is 77.0 Å². The van der Waals surface area contributed by atoms with Crippen LogP contribution in [0, 0.1) is 0 Å². The van der Waals surface area contributed by atoms with Crippen molar-refractivity contribution in [2.24, 2.45) is 0 Å². The average molecular weight is 433 g/mol. The largest absolute Gasteiger partial charge is 0.507 e. The summed E-state index contributed by atoms with van der Waals surface area (Å²) in [6.07, 6.45) is 19.9. The van der Waals surface area contributed by atoms with E-state index in [1.807, 2.05) is 26.0 Å². The minimum absolute atomic E-state index is 0.0430. The molecule has 0 amide bonds. The first-order chi connectivity index (χ1) is 15.0. The molecule has 1 aromatic rings. The van der Waals surface area contributed by atoms with Crippen LogP contribution in [0.25, 0.3) is 0 Å². The lowest BCUT2D eigenvalue weighted by Crippen LogP contribution is -2.08. The Morgan fingerprint density at radius 1 is 0.742 bits per heavy atom. The molecule has 0 aliphatic carbocycles. The molecule has 31 heavy (non-hydrogen) atoms. The van der Waals surface area contributed by atoms with Crippen LogP contribution in [0.15, 0.2) is 12.1 Å². The number of phenols is 1. The molecular formula is C28H48O3. The molecule has 1 unspecified atom stereocenters. The van der Waals surface area contributed by atoms with Crippen LogP contribution < -0.4 is 0 Å². The average Bonchev–Trinajstić information content (AvgIpc) is 2.76. The summed E-state index contributed by atoms with van der Waals surface area (Å²) in [6, 6.07) is 4.06. The molecule has 178 valence electrons. The highest BCUT2D eigenvalue weighted by molar-refractivity contribution is 5.68. The molecule has 1 rings (SSSR count). The van der Waals surface area contributed by atoms with Gasteiger partial charge in [-0.3, -0.25) is 4.79 Å². The number of hydrogen-bond acceptors (Lipinski definition) is 2. The van der Waals surface area contributed by atoms with Crippen molar-refractivity contribution >= 4 is 5.97 Å². The van der Waals surface area contributed by atoms with Crippen molar-refractivity contribution in [2.45, 2.75) is 136 Å². The third-order valence-electron chi connectivity index (χ3n) is 6.60. The van der Waals surface area contributed by atoms with Gasteiger partial charge in [0.05, 0.1) is 6.42 Å². The van der Waals surface area contributed by atoms with Gasteiger partial charge in [-0.2, -0.15) is 0 Å². The molecule has 2 N–H and O–H groups in total. The highest BCUT2D eigenvalue weighted by Gasteiger charge is 2.18. The van der Waals surface area contributed by atoms with E-state index in [4.69, 9.17) is 0 Å². The lowest BCUT2D eigenvalue weighted by Gasteiger charge is -2.19. The Labute approximate surface area is 191 Å². The van der Waals surface area contributed by atoms with Gasteiger partial charge in [0, 0.05) is 0 Å². The van der Waals surface area contributed by atoms with Gasteiger partial charge in [-0.05, 0) is 41.9 Å². The Hall–Kier alpha value is -1.51. The van der Waals surface area contributed by atoms with Crippen molar-refractivity contribution in [2.75, 3.05) is 0 Å². The summed E-state index contributed by atoms with van der Waals surface area (Å²) in [4.78, 5) is 11.4. The summed E-state index contributed by atoms with van der Waals surface area (Å²) in [7, 11) is 0. The molecule has 0 spiro atoms. The Kier molecular flexibility index (Phi) is 15.2.